The van der Waals surface area contributed by atoms with Gasteiger partial charge in [0.15, 0.2) is 6.29 Å². The molecule has 6 rings (SSSR count). The van der Waals surface area contributed by atoms with Gasteiger partial charge < -0.3 is 25.1 Å². The van der Waals surface area contributed by atoms with E-state index < -0.39 is 12.2 Å². The molecular weight excluding hydrogens is 549 g/mol. The van der Waals surface area contributed by atoms with Crippen LogP contribution < -0.4 is 10.6 Å². The van der Waals surface area contributed by atoms with Crippen molar-refractivity contribution in [2.24, 2.45) is 5.92 Å². The van der Waals surface area contributed by atoms with Gasteiger partial charge in [0, 0.05) is 37.2 Å². The van der Waals surface area contributed by atoms with Crippen molar-refractivity contribution in [2.75, 3.05) is 18.5 Å². The monoisotopic (exact) mass is 579 g/mol. The van der Waals surface area contributed by atoms with Crippen molar-refractivity contribution in [1.82, 2.24) is 30.2 Å². The van der Waals surface area contributed by atoms with Gasteiger partial charge in [-0.25, -0.2) is 19.3 Å². The smallest absolute Gasteiger partial charge is 0.228 e. The number of hydrogen-bond acceptors (Lipinski definition) is 8. The molecule has 43 heavy (non-hydrogen) atoms. The van der Waals surface area contributed by atoms with Crippen LogP contribution in [-0.4, -0.2) is 50.3 Å². The average molecular weight is 580 g/mol. The van der Waals surface area contributed by atoms with Crippen LogP contribution in [0.1, 0.15) is 17.0 Å². The van der Waals surface area contributed by atoms with Crippen LogP contribution in [0, 0.1) is 11.7 Å². The minimum Gasteiger partial charge on any atom is -0.352 e. The number of nitrogens with zero attached hydrogens (tertiary/aromatic N) is 4. The molecular formula is C32H30FN7O3. The summed E-state index contributed by atoms with van der Waals surface area (Å²) >= 11 is 0. The first-order valence-corrected chi connectivity index (χ1v) is 14.0. The van der Waals surface area contributed by atoms with Crippen LogP contribution in [0.25, 0.3) is 22.6 Å². The number of imidazole rings is 1. The third kappa shape index (κ3) is 7.26. The number of carbonyl (C=O) groups excluding carboxylic acids is 1. The number of ether oxygens (including phenoxy) is 2. The lowest BCUT2D eigenvalue weighted by Crippen LogP contribution is -2.42. The zero-order chi connectivity index (χ0) is 29.4. The first-order valence-electron chi connectivity index (χ1n) is 14.0. The number of amides is 1. The molecule has 1 saturated heterocycles. The molecule has 10 nitrogen and oxygen atoms in total. The highest BCUT2D eigenvalue weighted by Gasteiger charge is 2.29. The molecule has 0 radical (unpaired) electrons. The number of halogens is 1. The molecule has 0 bridgehead atoms. The molecule has 0 aliphatic carbocycles. The molecule has 1 aliphatic heterocycles. The Morgan fingerprint density at radius 1 is 0.907 bits per heavy atom. The first kappa shape index (κ1) is 28.1. The van der Waals surface area contributed by atoms with Gasteiger partial charge in [0.2, 0.25) is 11.9 Å². The van der Waals surface area contributed by atoms with Crippen molar-refractivity contribution < 1.29 is 18.7 Å². The Kier molecular flexibility index (Phi) is 8.72. The number of H-pyrrole nitrogens is 1. The SMILES string of the molecule is O=C(NCc1ccccc1)C1COC(Cc2nc(-c3ccc(F)cc3)c(-c3ccnc(NCc4cccnc4)n3)[nH]2)OC1. The van der Waals surface area contributed by atoms with Crippen LogP contribution in [0.5, 0.6) is 0 Å². The van der Waals surface area contributed by atoms with Crippen LogP contribution in [0.4, 0.5) is 10.3 Å². The number of nitrogens with one attached hydrogen (secondary N) is 3. The van der Waals surface area contributed by atoms with Crippen LogP contribution >= 0.6 is 0 Å². The molecule has 0 atom stereocenters. The van der Waals surface area contributed by atoms with E-state index >= 15 is 0 Å². The van der Waals surface area contributed by atoms with Crippen molar-refractivity contribution in [3.63, 3.8) is 0 Å². The average Bonchev–Trinajstić information content (AvgIpc) is 3.48. The van der Waals surface area contributed by atoms with E-state index in [0.717, 1.165) is 16.7 Å². The Bertz CT molecular complexity index is 1640. The highest BCUT2D eigenvalue weighted by molar-refractivity contribution is 5.79. The summed E-state index contributed by atoms with van der Waals surface area (Å²) in [5.74, 6) is 0.197. The molecule has 0 unspecified atom stereocenters. The molecule has 1 amide bonds. The molecule has 2 aromatic carbocycles. The Hall–Kier alpha value is -5.00. The maximum Gasteiger partial charge on any atom is 0.228 e. The molecule has 218 valence electrons. The van der Waals surface area contributed by atoms with Crippen LogP contribution in [-0.2, 0) is 33.8 Å². The summed E-state index contributed by atoms with van der Waals surface area (Å²) in [5, 5.41) is 6.17. The van der Waals surface area contributed by atoms with Gasteiger partial charge in [-0.05, 0) is 47.5 Å². The summed E-state index contributed by atoms with van der Waals surface area (Å²) in [6.45, 7) is 1.44. The third-order valence-corrected chi connectivity index (χ3v) is 6.96. The fraction of sp³-hybridized carbons (Fsp3) is 0.219. The maximum atomic E-state index is 13.7. The topological polar surface area (TPSA) is 127 Å². The highest BCUT2D eigenvalue weighted by Crippen LogP contribution is 2.30. The predicted molar refractivity (Wildman–Crippen MR) is 158 cm³/mol. The summed E-state index contributed by atoms with van der Waals surface area (Å²) in [6, 6.07) is 21.5. The van der Waals surface area contributed by atoms with E-state index in [2.05, 4.69) is 25.6 Å². The molecule has 1 fully saturated rings. The molecule has 1 aliphatic rings. The number of benzene rings is 2. The minimum absolute atomic E-state index is 0.113. The van der Waals surface area contributed by atoms with Gasteiger partial charge in [0.1, 0.15) is 11.6 Å². The number of hydrogen-bond donors (Lipinski definition) is 3. The molecule has 0 spiro atoms. The number of rotatable bonds is 10. The van der Waals surface area contributed by atoms with Crippen molar-refractivity contribution >= 4 is 11.9 Å². The Labute approximate surface area is 247 Å². The summed E-state index contributed by atoms with van der Waals surface area (Å²) in [5.41, 5.74) is 4.63. The quantitative estimate of drug-likeness (QED) is 0.220. The number of pyridine rings is 1. The summed E-state index contributed by atoms with van der Waals surface area (Å²) in [6.07, 6.45) is 4.90. The molecule has 4 heterocycles. The predicted octanol–water partition coefficient (Wildman–Crippen LogP) is 4.53. The second-order valence-corrected chi connectivity index (χ2v) is 10.1. The number of carbonyl (C=O) groups is 1. The number of aromatic nitrogens is 5. The maximum absolute atomic E-state index is 13.7. The third-order valence-electron chi connectivity index (χ3n) is 6.96. The summed E-state index contributed by atoms with van der Waals surface area (Å²) in [7, 11) is 0. The Balaban J connectivity index is 1.14. The van der Waals surface area contributed by atoms with E-state index in [1.165, 1.54) is 12.1 Å². The lowest BCUT2D eigenvalue weighted by molar-refractivity contribution is -0.201. The van der Waals surface area contributed by atoms with Gasteiger partial charge in [-0.1, -0.05) is 36.4 Å². The van der Waals surface area contributed by atoms with E-state index in [-0.39, 0.29) is 24.9 Å². The minimum atomic E-state index is -0.583. The van der Waals surface area contributed by atoms with Crippen LogP contribution in [0.3, 0.4) is 0 Å². The number of aromatic amines is 1. The number of anilines is 1. The Morgan fingerprint density at radius 3 is 2.47 bits per heavy atom. The Morgan fingerprint density at radius 2 is 1.70 bits per heavy atom. The van der Waals surface area contributed by atoms with E-state index in [1.807, 2.05) is 42.5 Å². The molecule has 11 heteroatoms. The highest BCUT2D eigenvalue weighted by atomic mass is 19.1. The van der Waals surface area contributed by atoms with E-state index in [9.17, 15) is 9.18 Å². The van der Waals surface area contributed by atoms with Crippen molar-refractivity contribution in [2.45, 2.75) is 25.8 Å². The van der Waals surface area contributed by atoms with Gasteiger partial charge >= 0.3 is 0 Å². The van der Waals surface area contributed by atoms with Crippen molar-refractivity contribution in [3.05, 3.63) is 114 Å². The second kappa shape index (κ2) is 13.3. The normalized spacial score (nSPS) is 16.5. The van der Waals surface area contributed by atoms with E-state index in [4.69, 9.17) is 19.4 Å². The fourth-order valence-electron chi connectivity index (χ4n) is 4.69. The van der Waals surface area contributed by atoms with Crippen LogP contribution in [0.2, 0.25) is 0 Å². The lowest BCUT2D eigenvalue weighted by Gasteiger charge is -2.28. The molecule has 3 N–H and O–H groups in total. The standard InChI is InChI=1S/C32H30FN7O3/c33-25-10-8-23(9-11-25)29-30(26-12-14-35-32(38-26)37-18-22-7-4-13-34-16-22)40-27(39-29)15-28-42-19-24(20-43-28)31(41)36-17-21-5-2-1-3-6-21/h1-14,16,24,28H,15,17-20H2,(H,36,41)(H,39,40)(H,35,37,38). The van der Waals surface area contributed by atoms with Gasteiger partial charge in [-0.15, -0.1) is 0 Å². The van der Waals surface area contributed by atoms with E-state index in [0.29, 0.717) is 48.4 Å². The molecule has 0 saturated carbocycles. The lowest BCUT2D eigenvalue weighted by atomic mass is 10.1. The van der Waals surface area contributed by atoms with Gasteiger partial charge in [0.05, 0.1) is 42.6 Å². The fourth-order valence-corrected chi connectivity index (χ4v) is 4.69. The van der Waals surface area contributed by atoms with E-state index in [1.54, 1.807) is 36.8 Å². The largest absolute Gasteiger partial charge is 0.352 e. The summed E-state index contributed by atoms with van der Waals surface area (Å²) in [4.78, 5) is 34.0. The zero-order valence-corrected chi connectivity index (χ0v) is 23.2. The first-order chi connectivity index (χ1) is 21.1. The van der Waals surface area contributed by atoms with Gasteiger partial charge in [-0.3, -0.25) is 9.78 Å². The second-order valence-electron chi connectivity index (χ2n) is 10.1. The zero-order valence-electron chi connectivity index (χ0n) is 23.2. The van der Waals surface area contributed by atoms with Crippen molar-refractivity contribution in [1.29, 1.82) is 0 Å². The summed E-state index contributed by atoms with van der Waals surface area (Å²) < 4.78 is 25.5. The van der Waals surface area contributed by atoms with Gasteiger partial charge in [0.25, 0.3) is 0 Å². The van der Waals surface area contributed by atoms with Gasteiger partial charge in [-0.2, -0.15) is 0 Å². The molecule has 3 aromatic heterocycles. The van der Waals surface area contributed by atoms with Crippen LogP contribution in [0.15, 0.2) is 91.4 Å². The molecule has 5 aromatic rings. The van der Waals surface area contributed by atoms with Crippen molar-refractivity contribution in [3.8, 4) is 22.6 Å².